The maximum absolute atomic E-state index is 5.68. The minimum absolute atomic E-state index is 0.00850. The fourth-order valence-electron chi connectivity index (χ4n) is 3.09. The summed E-state index contributed by atoms with van der Waals surface area (Å²) in [7, 11) is 1.67. The van der Waals surface area contributed by atoms with Crippen molar-refractivity contribution in [3.05, 3.63) is 95.5 Å². The normalized spacial score (nSPS) is 15.8. The van der Waals surface area contributed by atoms with Crippen LogP contribution in [0.3, 0.4) is 0 Å². The van der Waals surface area contributed by atoms with Gasteiger partial charge in [-0.15, -0.1) is 0 Å². The number of ether oxygens (including phenoxy) is 2. The second-order valence-corrected chi connectivity index (χ2v) is 19.6. The Bertz CT molecular complexity index is 908. The number of benzene rings is 2. The van der Waals surface area contributed by atoms with Crippen molar-refractivity contribution < 1.29 is 27.9 Å². The molecule has 0 heterocycles. The van der Waals surface area contributed by atoms with E-state index in [1.54, 1.807) is 18.9 Å². The minimum atomic E-state index is -0.309. The van der Waals surface area contributed by atoms with Crippen molar-refractivity contribution in [3.8, 4) is 5.75 Å². The van der Waals surface area contributed by atoms with Crippen molar-refractivity contribution in [2.24, 2.45) is 5.41 Å². The molecule has 2 aromatic carbocycles. The number of rotatable bonds is 6. The fraction of sp³-hybridized carbons (Fsp3) is 0.333. The molecule has 2 nitrogen and oxygen atoms in total. The van der Waals surface area contributed by atoms with Crippen molar-refractivity contribution in [2.75, 3.05) is 7.11 Å². The summed E-state index contributed by atoms with van der Waals surface area (Å²) in [6.07, 6.45) is 8.53. The van der Waals surface area contributed by atoms with E-state index in [2.05, 4.69) is 70.3 Å². The predicted molar refractivity (Wildman–Crippen MR) is 132 cm³/mol. The van der Waals surface area contributed by atoms with Crippen LogP contribution in [-0.2, 0) is 23.1 Å². The monoisotopic (exact) mass is 468 g/mol. The molecule has 1 atom stereocenters. The van der Waals surface area contributed by atoms with Gasteiger partial charge in [-0.2, -0.15) is 0 Å². The summed E-state index contributed by atoms with van der Waals surface area (Å²) in [6.45, 7) is 13.0. The van der Waals surface area contributed by atoms with Crippen LogP contribution in [0.4, 0.5) is 0 Å². The Hall–Kier alpha value is -1.81. The first-order valence-electron chi connectivity index (χ1n) is 10.9. The Morgan fingerprint density at radius 2 is 1.65 bits per heavy atom. The van der Waals surface area contributed by atoms with Gasteiger partial charge in [0.2, 0.25) is 0 Å². The molecule has 0 fully saturated rings. The molecule has 0 radical (unpaired) electrons. The number of methoxy groups -OCH3 is 1. The van der Waals surface area contributed by atoms with Crippen LogP contribution in [0.1, 0.15) is 43.0 Å². The van der Waals surface area contributed by atoms with Crippen molar-refractivity contribution in [3.63, 3.8) is 0 Å². The van der Waals surface area contributed by atoms with Crippen LogP contribution < -0.4 is 4.74 Å². The number of hydrogen-bond donors (Lipinski definition) is 0. The van der Waals surface area contributed by atoms with E-state index in [1.807, 2.05) is 43.3 Å². The van der Waals surface area contributed by atoms with E-state index in [9.17, 15) is 0 Å². The topological polar surface area (TPSA) is 18.5 Å². The molecule has 0 spiro atoms. The zero-order valence-corrected chi connectivity index (χ0v) is 22.7. The molecule has 1 aliphatic carbocycles. The van der Waals surface area contributed by atoms with Crippen LogP contribution in [0.25, 0.3) is 6.08 Å². The van der Waals surface area contributed by atoms with E-state index in [1.165, 1.54) is 5.56 Å². The SMILES string of the molecule is COC(C)=CC(=COc1ccccc1)C(C)(C)C.C[SiH](C)[Ti][CH]1C=Cc2ccccc21. The second-order valence-electron chi connectivity index (χ2n) is 9.00. The van der Waals surface area contributed by atoms with E-state index < -0.39 is 0 Å². The predicted octanol–water partition coefficient (Wildman–Crippen LogP) is 7.37. The molecule has 0 saturated heterocycles. The Morgan fingerprint density at radius 3 is 2.26 bits per heavy atom. The molecule has 0 aromatic heterocycles. The van der Waals surface area contributed by atoms with Gasteiger partial charge in [-0.3, -0.25) is 0 Å². The van der Waals surface area contributed by atoms with Crippen LogP contribution >= 0.6 is 0 Å². The third-order valence-corrected chi connectivity index (χ3v) is 11.5. The first-order valence-corrected chi connectivity index (χ1v) is 17.4. The third-order valence-electron chi connectivity index (χ3n) is 4.92. The summed E-state index contributed by atoms with van der Waals surface area (Å²) in [5.74, 6) is 1.70. The molecule has 0 bridgehead atoms. The summed E-state index contributed by atoms with van der Waals surface area (Å²) in [6, 6.07) is 18.6. The summed E-state index contributed by atoms with van der Waals surface area (Å²) >= 11 is 0.290. The Balaban J connectivity index is 0.000000231. The van der Waals surface area contributed by atoms with Crippen LogP contribution in [0, 0.1) is 5.41 Å². The van der Waals surface area contributed by atoms with Gasteiger partial charge in [0, 0.05) is 0 Å². The third kappa shape index (κ3) is 8.68. The molecule has 1 aliphatic rings. The first-order chi connectivity index (χ1) is 14.7. The standard InChI is InChI=1S/C16H22O2.C9H7.C2H7Si.Ti/c1-13(17-5)11-14(16(2,3)4)12-18-15-9-7-6-8-10-15;1-2-5-9-7-3-6-8(9)4-1;1-3-2;/h6-12H,1-5H3;1-7H;3H,1-2H3;. The van der Waals surface area contributed by atoms with Gasteiger partial charge >= 0.3 is 89.9 Å². The molecule has 0 aliphatic heterocycles. The van der Waals surface area contributed by atoms with Gasteiger partial charge in [0.05, 0.1) is 19.1 Å². The molecule has 164 valence electrons. The summed E-state index contributed by atoms with van der Waals surface area (Å²) in [5.41, 5.74) is 4.16. The van der Waals surface area contributed by atoms with Gasteiger partial charge in [0.1, 0.15) is 5.75 Å². The van der Waals surface area contributed by atoms with E-state index in [-0.39, 0.29) is 12.1 Å². The van der Waals surface area contributed by atoms with E-state index in [4.69, 9.17) is 9.47 Å². The zero-order valence-electron chi connectivity index (χ0n) is 20.0. The zero-order chi connectivity index (χ0) is 22.9. The summed E-state index contributed by atoms with van der Waals surface area (Å²) in [5, 5.41) is 0. The number of hydrogen-bond acceptors (Lipinski definition) is 2. The van der Waals surface area contributed by atoms with Gasteiger partial charge in [0.25, 0.3) is 0 Å². The Kier molecular flexibility index (Phi) is 10.1. The number of allylic oxidation sites excluding steroid dienone is 4. The van der Waals surface area contributed by atoms with Crippen LogP contribution in [-0.4, -0.2) is 13.8 Å². The van der Waals surface area contributed by atoms with Gasteiger partial charge in [-0.05, 0) is 36.1 Å². The van der Waals surface area contributed by atoms with Gasteiger partial charge in [-0.25, -0.2) is 0 Å². The van der Waals surface area contributed by atoms with E-state index in [0.29, 0.717) is 18.4 Å². The van der Waals surface area contributed by atoms with E-state index in [0.717, 1.165) is 21.3 Å². The molecule has 4 heteroatoms. The van der Waals surface area contributed by atoms with Crippen LogP contribution in [0.2, 0.25) is 13.1 Å². The van der Waals surface area contributed by atoms with Gasteiger partial charge < -0.3 is 9.47 Å². The van der Waals surface area contributed by atoms with Crippen molar-refractivity contribution in [1.29, 1.82) is 0 Å². The first kappa shape index (κ1) is 25.5. The molecule has 0 N–H and O–H groups in total. The molecule has 3 rings (SSSR count). The van der Waals surface area contributed by atoms with Crippen LogP contribution in [0.5, 0.6) is 5.75 Å². The van der Waals surface area contributed by atoms with Gasteiger partial charge in [-0.1, -0.05) is 39.0 Å². The number of fused-ring (bicyclic) bond motifs is 1. The quantitative estimate of drug-likeness (QED) is 0.250. The maximum atomic E-state index is 5.68. The van der Waals surface area contributed by atoms with Crippen molar-refractivity contribution >= 4 is 12.7 Å². The summed E-state index contributed by atoms with van der Waals surface area (Å²) < 4.78 is 11.7. The molecular weight excluding hydrogens is 432 g/mol. The molecule has 2 aromatic rings. The van der Waals surface area contributed by atoms with Crippen molar-refractivity contribution in [1.82, 2.24) is 0 Å². The average Bonchev–Trinajstić information content (AvgIpc) is 3.13. The second kappa shape index (κ2) is 12.3. The molecule has 0 amide bonds. The van der Waals surface area contributed by atoms with E-state index >= 15 is 0 Å². The molecule has 1 unspecified atom stereocenters. The molecule has 0 saturated carbocycles. The summed E-state index contributed by atoms with van der Waals surface area (Å²) in [4.78, 5) is 0. The Morgan fingerprint density at radius 1 is 1.00 bits per heavy atom. The fourth-order valence-corrected chi connectivity index (χ4v) is 9.39. The number of para-hydroxylation sites is 1. The Labute approximate surface area is 198 Å². The molecule has 31 heavy (non-hydrogen) atoms. The average molecular weight is 469 g/mol. The van der Waals surface area contributed by atoms with Gasteiger partial charge in [0.15, 0.2) is 0 Å². The van der Waals surface area contributed by atoms with Crippen LogP contribution in [0.15, 0.2) is 84.3 Å². The van der Waals surface area contributed by atoms with Crippen molar-refractivity contribution in [2.45, 2.75) is 45.0 Å². The molecular formula is C27H36O2SiTi.